The lowest BCUT2D eigenvalue weighted by atomic mass is 10.1. The van der Waals surface area contributed by atoms with Crippen molar-refractivity contribution in [1.82, 2.24) is 9.88 Å². The summed E-state index contributed by atoms with van der Waals surface area (Å²) >= 11 is 0. The summed E-state index contributed by atoms with van der Waals surface area (Å²) in [5.41, 5.74) is 3.02. The summed E-state index contributed by atoms with van der Waals surface area (Å²) in [6.45, 7) is 3.33. The number of likely N-dealkylation sites (tertiary alicyclic amines) is 1. The number of H-pyrrole nitrogens is 1. The molecule has 1 amide bonds. The number of Topliss-reactive ketones (excluding diaryl/α,β-unsaturated/α-hetero) is 1. The smallest absolute Gasteiger partial charge is 0.342 e. The van der Waals surface area contributed by atoms with Gasteiger partial charge in [0, 0.05) is 24.8 Å². The molecule has 3 aromatic rings. The van der Waals surface area contributed by atoms with Crippen molar-refractivity contribution in [3.8, 4) is 5.75 Å². The molecule has 0 unspecified atom stereocenters. The number of nitrogens with zero attached hydrogens (tertiary/aromatic N) is 1. The van der Waals surface area contributed by atoms with Crippen LogP contribution in [0, 0.1) is 6.92 Å². The molecule has 2 aromatic carbocycles. The van der Waals surface area contributed by atoms with Gasteiger partial charge in [0.05, 0.1) is 0 Å². The number of nitrogens with one attached hydrogen (secondary N) is 1. The van der Waals surface area contributed by atoms with Gasteiger partial charge in [0.15, 0.2) is 6.61 Å². The topological polar surface area (TPSA) is 88.7 Å². The number of carbonyl (C=O) groups is 3. The third kappa shape index (κ3) is 5.31. The number of hydrogen-bond donors (Lipinski definition) is 1. The Labute approximate surface area is 192 Å². The lowest BCUT2D eigenvalue weighted by Crippen LogP contribution is -2.27. The van der Waals surface area contributed by atoms with E-state index in [0.717, 1.165) is 37.1 Å². The van der Waals surface area contributed by atoms with Gasteiger partial charge in [0.25, 0.3) is 5.91 Å². The Morgan fingerprint density at radius 3 is 2.52 bits per heavy atom. The fraction of sp³-hybridized carbons (Fsp3) is 0.269. The van der Waals surface area contributed by atoms with Crippen LogP contribution >= 0.6 is 0 Å². The van der Waals surface area contributed by atoms with Crippen LogP contribution < -0.4 is 4.74 Å². The van der Waals surface area contributed by atoms with Crippen LogP contribution in [0.25, 0.3) is 0 Å². The number of carbonyl (C=O) groups excluding carboxylic acids is 3. The average Bonchev–Trinajstić information content (AvgIpc) is 3.54. The van der Waals surface area contributed by atoms with Crippen LogP contribution in [-0.2, 0) is 11.3 Å². The van der Waals surface area contributed by atoms with Crippen molar-refractivity contribution in [2.75, 3.05) is 19.7 Å². The Hall–Kier alpha value is -3.87. The van der Waals surface area contributed by atoms with Crippen molar-refractivity contribution in [1.29, 1.82) is 0 Å². The molecule has 33 heavy (non-hydrogen) atoms. The number of amides is 1. The van der Waals surface area contributed by atoms with Crippen LogP contribution in [0.15, 0.2) is 60.8 Å². The monoisotopic (exact) mass is 446 g/mol. The molecule has 1 fully saturated rings. The first-order valence-electron chi connectivity index (χ1n) is 11.0. The van der Waals surface area contributed by atoms with Crippen molar-refractivity contribution in [3.05, 3.63) is 88.7 Å². The largest absolute Gasteiger partial charge is 0.488 e. The van der Waals surface area contributed by atoms with Gasteiger partial charge in [-0.2, -0.15) is 0 Å². The van der Waals surface area contributed by atoms with E-state index < -0.39 is 18.4 Å². The van der Waals surface area contributed by atoms with Crippen LogP contribution in [0.3, 0.4) is 0 Å². The normalized spacial score (nSPS) is 13.1. The second kappa shape index (κ2) is 10.2. The van der Waals surface area contributed by atoms with E-state index in [4.69, 9.17) is 9.47 Å². The third-order valence-electron chi connectivity index (χ3n) is 5.71. The van der Waals surface area contributed by atoms with Gasteiger partial charge in [-0.05, 0) is 49.1 Å². The van der Waals surface area contributed by atoms with Crippen LogP contribution in [0.5, 0.6) is 5.75 Å². The third-order valence-corrected chi connectivity index (χ3v) is 5.71. The number of ketones is 1. The van der Waals surface area contributed by atoms with Crippen molar-refractivity contribution >= 4 is 17.7 Å². The number of para-hydroxylation sites is 1. The maximum Gasteiger partial charge on any atom is 0.342 e. The fourth-order valence-corrected chi connectivity index (χ4v) is 3.75. The summed E-state index contributed by atoms with van der Waals surface area (Å²) in [6, 6.07) is 16.1. The minimum absolute atomic E-state index is 0.122. The molecule has 1 saturated heterocycles. The Kier molecular flexibility index (Phi) is 6.88. The molecule has 0 radical (unpaired) electrons. The first kappa shape index (κ1) is 22.3. The number of esters is 1. The summed E-state index contributed by atoms with van der Waals surface area (Å²) in [6.07, 6.45) is 3.45. The number of ether oxygens (including phenoxy) is 2. The molecule has 0 atom stereocenters. The van der Waals surface area contributed by atoms with Gasteiger partial charge < -0.3 is 19.4 Å². The summed E-state index contributed by atoms with van der Waals surface area (Å²) < 4.78 is 11.1. The van der Waals surface area contributed by atoms with Crippen LogP contribution in [0.1, 0.15) is 55.2 Å². The Morgan fingerprint density at radius 2 is 1.73 bits per heavy atom. The maximum atomic E-state index is 12.6. The maximum absolute atomic E-state index is 12.6. The molecule has 2 heterocycles. The second-order valence-electron chi connectivity index (χ2n) is 8.01. The van der Waals surface area contributed by atoms with E-state index in [2.05, 4.69) is 4.98 Å². The minimum atomic E-state index is -0.646. The molecule has 170 valence electrons. The van der Waals surface area contributed by atoms with E-state index in [9.17, 15) is 14.4 Å². The molecule has 0 bridgehead atoms. The van der Waals surface area contributed by atoms with Gasteiger partial charge in [0.1, 0.15) is 23.6 Å². The van der Waals surface area contributed by atoms with Gasteiger partial charge >= 0.3 is 5.97 Å². The molecular formula is C26H26N2O5. The van der Waals surface area contributed by atoms with E-state index in [1.807, 2.05) is 31.2 Å². The number of aromatic nitrogens is 1. The Balaban J connectivity index is 1.36. The van der Waals surface area contributed by atoms with Gasteiger partial charge in [0.2, 0.25) is 5.78 Å². The highest BCUT2D eigenvalue weighted by Gasteiger charge is 2.22. The van der Waals surface area contributed by atoms with Crippen molar-refractivity contribution < 1.29 is 23.9 Å². The molecule has 1 aliphatic heterocycles. The first-order chi connectivity index (χ1) is 16.0. The summed E-state index contributed by atoms with van der Waals surface area (Å²) in [5.74, 6) is -0.771. The van der Waals surface area contributed by atoms with Crippen LogP contribution in [0.2, 0.25) is 0 Å². The zero-order valence-electron chi connectivity index (χ0n) is 18.5. The SMILES string of the molecule is Cc1ccccc1COc1ccccc1C(=O)OCC(=O)c1c[nH]c(C(=O)N2CCCC2)c1. The average molecular weight is 447 g/mol. The standard InChI is InChI=1S/C26H26N2O5/c1-18-8-2-3-9-19(18)16-32-24-11-5-4-10-21(24)26(31)33-17-23(29)20-14-22(27-15-20)25(30)28-12-6-7-13-28/h2-5,8-11,14-15,27H,6-7,12-13,16-17H2,1H3. The molecule has 7 heteroatoms. The molecule has 1 aromatic heterocycles. The minimum Gasteiger partial charge on any atom is -0.488 e. The van der Waals surface area contributed by atoms with Gasteiger partial charge in [-0.3, -0.25) is 9.59 Å². The molecule has 7 nitrogen and oxygen atoms in total. The van der Waals surface area contributed by atoms with Crippen molar-refractivity contribution in [2.45, 2.75) is 26.4 Å². The molecule has 0 aliphatic carbocycles. The summed E-state index contributed by atoms with van der Waals surface area (Å²) in [5, 5.41) is 0. The van der Waals surface area contributed by atoms with Crippen LogP contribution in [0.4, 0.5) is 0 Å². The van der Waals surface area contributed by atoms with E-state index in [-0.39, 0.29) is 11.5 Å². The van der Waals surface area contributed by atoms with Gasteiger partial charge in [-0.25, -0.2) is 4.79 Å². The highest BCUT2D eigenvalue weighted by atomic mass is 16.5. The second-order valence-corrected chi connectivity index (χ2v) is 8.01. The number of aromatic amines is 1. The predicted octanol–water partition coefficient (Wildman–Crippen LogP) is 4.18. The summed E-state index contributed by atoms with van der Waals surface area (Å²) in [7, 11) is 0. The van der Waals surface area contributed by atoms with E-state index in [1.165, 1.54) is 12.3 Å². The predicted molar refractivity (Wildman–Crippen MR) is 122 cm³/mol. The van der Waals surface area contributed by atoms with Gasteiger partial charge in [-0.1, -0.05) is 36.4 Å². The lowest BCUT2D eigenvalue weighted by molar-refractivity contribution is 0.0470. The van der Waals surface area contributed by atoms with E-state index >= 15 is 0 Å². The van der Waals surface area contributed by atoms with E-state index in [0.29, 0.717) is 23.6 Å². The fourth-order valence-electron chi connectivity index (χ4n) is 3.75. The Morgan fingerprint density at radius 1 is 1.00 bits per heavy atom. The zero-order valence-corrected chi connectivity index (χ0v) is 18.5. The molecule has 1 aliphatic rings. The summed E-state index contributed by atoms with van der Waals surface area (Å²) in [4.78, 5) is 42.2. The van der Waals surface area contributed by atoms with Crippen LogP contribution in [-0.4, -0.2) is 47.2 Å². The number of rotatable bonds is 8. The highest BCUT2D eigenvalue weighted by Crippen LogP contribution is 2.21. The lowest BCUT2D eigenvalue weighted by Gasteiger charge is -2.13. The number of aryl methyl sites for hydroxylation is 1. The van der Waals surface area contributed by atoms with E-state index in [1.54, 1.807) is 29.2 Å². The zero-order chi connectivity index (χ0) is 23.2. The number of benzene rings is 2. The Bertz CT molecular complexity index is 1160. The number of hydrogen-bond acceptors (Lipinski definition) is 5. The van der Waals surface area contributed by atoms with Crippen molar-refractivity contribution in [2.24, 2.45) is 0 Å². The highest BCUT2D eigenvalue weighted by molar-refractivity contribution is 6.02. The quantitative estimate of drug-likeness (QED) is 0.414. The first-order valence-corrected chi connectivity index (χ1v) is 11.0. The molecule has 0 spiro atoms. The molecule has 1 N–H and O–H groups in total. The molecule has 0 saturated carbocycles. The molecular weight excluding hydrogens is 420 g/mol. The van der Waals surface area contributed by atoms with Crippen molar-refractivity contribution in [3.63, 3.8) is 0 Å². The van der Waals surface area contributed by atoms with Gasteiger partial charge in [-0.15, -0.1) is 0 Å². The molecule has 4 rings (SSSR count).